The van der Waals surface area contributed by atoms with Crippen molar-refractivity contribution in [1.82, 2.24) is 10.2 Å². The first-order valence-electron chi connectivity index (χ1n) is 15.0. The molecule has 0 unspecified atom stereocenters. The van der Waals surface area contributed by atoms with Gasteiger partial charge in [0.15, 0.2) is 0 Å². The van der Waals surface area contributed by atoms with E-state index < -0.39 is 28.5 Å². The quantitative estimate of drug-likeness (QED) is 0.177. The van der Waals surface area contributed by atoms with Gasteiger partial charge in [0, 0.05) is 24.5 Å². The van der Waals surface area contributed by atoms with Crippen molar-refractivity contribution in [3.05, 3.63) is 130 Å². The zero-order valence-corrected chi connectivity index (χ0v) is 27.7. The van der Waals surface area contributed by atoms with Crippen LogP contribution in [0.5, 0.6) is 0 Å². The molecule has 1 N–H and O–H groups in total. The number of amides is 2. The summed E-state index contributed by atoms with van der Waals surface area (Å²) >= 11 is 6.24. The fourth-order valence-electron chi connectivity index (χ4n) is 5.14. The zero-order valence-electron chi connectivity index (χ0n) is 26.2. The van der Waals surface area contributed by atoms with Crippen LogP contribution in [-0.2, 0) is 32.6 Å². The van der Waals surface area contributed by atoms with Crippen LogP contribution in [0.1, 0.15) is 41.2 Å². The van der Waals surface area contributed by atoms with Gasteiger partial charge in [0.2, 0.25) is 11.8 Å². The minimum absolute atomic E-state index is 0.0576. The van der Waals surface area contributed by atoms with Crippen LogP contribution < -0.4 is 9.62 Å². The Morgan fingerprint density at radius 2 is 1.51 bits per heavy atom. The average molecular weight is 646 g/mol. The lowest BCUT2D eigenvalue weighted by atomic mass is 10.0. The number of hydrogen-bond acceptors (Lipinski definition) is 4. The normalized spacial score (nSPS) is 11.9. The van der Waals surface area contributed by atoms with Crippen LogP contribution in [0.25, 0.3) is 0 Å². The predicted molar refractivity (Wildman–Crippen MR) is 181 cm³/mol. The molecule has 0 aliphatic carbocycles. The number of nitrogens with one attached hydrogen (secondary N) is 1. The van der Waals surface area contributed by atoms with Crippen LogP contribution >= 0.6 is 11.6 Å². The van der Waals surface area contributed by atoms with Crippen molar-refractivity contribution in [2.24, 2.45) is 0 Å². The molecule has 2 amide bonds. The summed E-state index contributed by atoms with van der Waals surface area (Å²) in [5.41, 5.74) is 4.54. The van der Waals surface area contributed by atoms with Gasteiger partial charge in [0.05, 0.1) is 10.6 Å². The van der Waals surface area contributed by atoms with Crippen molar-refractivity contribution in [3.63, 3.8) is 0 Å². The molecule has 4 aromatic rings. The average Bonchev–Trinajstić information content (AvgIpc) is 3.02. The number of nitrogens with zero attached hydrogens (tertiary/aromatic N) is 2. The Balaban J connectivity index is 1.83. The highest BCUT2D eigenvalue weighted by Crippen LogP contribution is 2.30. The first-order valence-corrected chi connectivity index (χ1v) is 16.8. The molecule has 45 heavy (non-hydrogen) atoms. The van der Waals surface area contributed by atoms with Crippen molar-refractivity contribution in [1.29, 1.82) is 0 Å². The minimum Gasteiger partial charge on any atom is -0.354 e. The molecule has 0 aliphatic heterocycles. The van der Waals surface area contributed by atoms with Gasteiger partial charge in [-0.3, -0.25) is 13.9 Å². The monoisotopic (exact) mass is 645 g/mol. The van der Waals surface area contributed by atoms with E-state index in [9.17, 15) is 18.0 Å². The zero-order chi connectivity index (χ0) is 32.6. The molecule has 236 valence electrons. The summed E-state index contributed by atoms with van der Waals surface area (Å²) in [6, 6.07) is 27.7. The fourth-order valence-corrected chi connectivity index (χ4v) is 6.85. The van der Waals surface area contributed by atoms with E-state index in [1.807, 2.05) is 75.4 Å². The number of carbonyl (C=O) groups is 2. The van der Waals surface area contributed by atoms with Gasteiger partial charge >= 0.3 is 0 Å². The third kappa shape index (κ3) is 8.53. The van der Waals surface area contributed by atoms with E-state index in [1.165, 1.54) is 17.0 Å². The predicted octanol–water partition coefficient (Wildman–Crippen LogP) is 6.63. The number of aryl methyl sites for hydroxylation is 3. The first kappa shape index (κ1) is 33.7. The largest absolute Gasteiger partial charge is 0.354 e. The van der Waals surface area contributed by atoms with Gasteiger partial charge in [0.1, 0.15) is 12.6 Å². The summed E-state index contributed by atoms with van der Waals surface area (Å²) in [7, 11) is -4.19. The van der Waals surface area contributed by atoms with Crippen LogP contribution in [0.2, 0.25) is 5.02 Å². The fraction of sp³-hybridized carbons (Fsp3) is 0.278. The molecule has 1 atom stereocenters. The van der Waals surface area contributed by atoms with Gasteiger partial charge in [-0.1, -0.05) is 90.8 Å². The second-order valence-corrected chi connectivity index (χ2v) is 13.5. The van der Waals surface area contributed by atoms with E-state index in [-0.39, 0.29) is 23.8 Å². The molecular weight excluding hydrogens is 606 g/mol. The molecular formula is C36H40ClN3O4S. The third-order valence-corrected chi connectivity index (χ3v) is 9.75. The lowest BCUT2D eigenvalue weighted by molar-refractivity contribution is -0.140. The van der Waals surface area contributed by atoms with Crippen molar-refractivity contribution < 1.29 is 18.0 Å². The van der Waals surface area contributed by atoms with Gasteiger partial charge in [-0.25, -0.2) is 8.42 Å². The maximum absolute atomic E-state index is 14.6. The number of anilines is 1. The highest BCUT2D eigenvalue weighted by molar-refractivity contribution is 7.92. The van der Waals surface area contributed by atoms with E-state index >= 15 is 0 Å². The molecule has 0 spiro atoms. The Bertz CT molecular complexity index is 1730. The molecule has 7 nitrogen and oxygen atoms in total. The number of sulfonamides is 1. The summed E-state index contributed by atoms with van der Waals surface area (Å²) in [5.74, 6) is -0.797. The first-order chi connectivity index (χ1) is 21.5. The summed E-state index contributed by atoms with van der Waals surface area (Å²) in [6.07, 6.45) is 0.993. The van der Waals surface area contributed by atoms with E-state index in [0.717, 1.165) is 33.0 Å². The van der Waals surface area contributed by atoms with Crippen LogP contribution in [0.3, 0.4) is 0 Å². The molecule has 0 bridgehead atoms. The number of carbonyl (C=O) groups excluding carboxylic acids is 2. The Labute approximate surface area is 271 Å². The number of benzene rings is 4. The Kier molecular flexibility index (Phi) is 11.4. The van der Waals surface area contributed by atoms with E-state index in [0.29, 0.717) is 22.8 Å². The topological polar surface area (TPSA) is 86.8 Å². The summed E-state index contributed by atoms with van der Waals surface area (Å²) in [5, 5.41) is 3.42. The highest BCUT2D eigenvalue weighted by Gasteiger charge is 2.35. The molecule has 0 fully saturated rings. The van der Waals surface area contributed by atoms with Gasteiger partial charge in [-0.05, 0) is 79.8 Å². The Morgan fingerprint density at radius 3 is 2.16 bits per heavy atom. The lowest BCUT2D eigenvalue weighted by Crippen LogP contribution is -2.53. The summed E-state index contributed by atoms with van der Waals surface area (Å²) < 4.78 is 29.6. The van der Waals surface area contributed by atoms with E-state index in [4.69, 9.17) is 11.6 Å². The molecule has 0 aliphatic rings. The van der Waals surface area contributed by atoms with Crippen LogP contribution in [-0.4, -0.2) is 44.3 Å². The number of rotatable bonds is 13. The number of hydrogen-bond donors (Lipinski definition) is 1. The molecule has 0 aromatic heterocycles. The van der Waals surface area contributed by atoms with Gasteiger partial charge < -0.3 is 10.2 Å². The van der Waals surface area contributed by atoms with Crippen LogP contribution in [0.4, 0.5) is 5.69 Å². The number of halogens is 1. The van der Waals surface area contributed by atoms with Crippen molar-refractivity contribution in [2.45, 2.75) is 58.0 Å². The van der Waals surface area contributed by atoms with Crippen molar-refractivity contribution >= 4 is 39.1 Å². The third-order valence-electron chi connectivity index (χ3n) is 7.74. The Hall–Kier alpha value is -4.14. The van der Waals surface area contributed by atoms with E-state index in [2.05, 4.69) is 5.32 Å². The molecule has 0 heterocycles. The molecule has 0 saturated heterocycles. The molecule has 4 aromatic carbocycles. The van der Waals surface area contributed by atoms with Crippen molar-refractivity contribution in [2.75, 3.05) is 17.4 Å². The van der Waals surface area contributed by atoms with Gasteiger partial charge in [-0.2, -0.15) is 0 Å². The van der Waals surface area contributed by atoms with Crippen molar-refractivity contribution in [3.8, 4) is 0 Å². The maximum Gasteiger partial charge on any atom is 0.264 e. The minimum atomic E-state index is -4.19. The van der Waals surface area contributed by atoms with Gasteiger partial charge in [-0.15, -0.1) is 0 Å². The molecule has 4 rings (SSSR count). The van der Waals surface area contributed by atoms with E-state index in [1.54, 1.807) is 37.3 Å². The standard InChI is InChI=1S/C36H40ClN3O4S/c1-5-21-38-36(42)34(23-29-12-7-6-8-13-29)39(24-30-14-10-9-11-27(30)3)35(41)25-40(33-20-17-31(37)22-28(33)4)45(43,44)32-18-15-26(2)16-19-32/h6-20,22,34H,5,21,23-25H2,1-4H3,(H,38,42)/t34-/m1/s1. The van der Waals surface area contributed by atoms with Crippen LogP contribution in [0.15, 0.2) is 102 Å². The summed E-state index contributed by atoms with van der Waals surface area (Å²) in [4.78, 5) is 29.9. The second kappa shape index (κ2) is 15.2. The van der Waals surface area contributed by atoms with Gasteiger partial charge in [0.25, 0.3) is 10.0 Å². The highest BCUT2D eigenvalue weighted by atomic mass is 35.5. The summed E-state index contributed by atoms with van der Waals surface area (Å²) in [6.45, 7) is 7.61. The molecule has 9 heteroatoms. The SMILES string of the molecule is CCCNC(=O)[C@@H](Cc1ccccc1)N(Cc1ccccc1C)C(=O)CN(c1ccc(Cl)cc1C)S(=O)(=O)c1ccc(C)cc1. The lowest BCUT2D eigenvalue weighted by Gasteiger charge is -2.34. The second-order valence-electron chi connectivity index (χ2n) is 11.2. The smallest absolute Gasteiger partial charge is 0.264 e. The Morgan fingerprint density at radius 1 is 0.844 bits per heavy atom. The molecule has 0 saturated carbocycles. The van der Waals surface area contributed by atoms with Crippen LogP contribution in [0, 0.1) is 20.8 Å². The molecule has 0 radical (unpaired) electrons. The maximum atomic E-state index is 14.6.